The first-order valence-electron chi connectivity index (χ1n) is 4.70. The van der Waals surface area contributed by atoms with Gasteiger partial charge in [-0.1, -0.05) is 23.7 Å². The van der Waals surface area contributed by atoms with Crippen molar-refractivity contribution < 1.29 is 0 Å². The van der Waals surface area contributed by atoms with Gasteiger partial charge in [-0.15, -0.1) is 11.3 Å². The van der Waals surface area contributed by atoms with Gasteiger partial charge in [0.1, 0.15) is 0 Å². The van der Waals surface area contributed by atoms with Gasteiger partial charge in [-0.05, 0) is 24.2 Å². The first kappa shape index (κ1) is 10.6. The predicted octanol–water partition coefficient (Wildman–Crippen LogP) is 2.96. The van der Waals surface area contributed by atoms with Crippen molar-refractivity contribution in [3.8, 4) is 10.4 Å². The van der Waals surface area contributed by atoms with Crippen molar-refractivity contribution in [3.63, 3.8) is 0 Å². The smallest absolute Gasteiger partial charge is 0.0943 e. The van der Waals surface area contributed by atoms with Crippen LogP contribution in [0.4, 0.5) is 0 Å². The van der Waals surface area contributed by atoms with E-state index < -0.39 is 0 Å². The molecule has 0 saturated carbocycles. The van der Waals surface area contributed by atoms with Crippen LogP contribution >= 0.6 is 22.9 Å². The quantitative estimate of drug-likeness (QED) is 0.893. The number of hydrogen-bond acceptors (Lipinski definition) is 3. The monoisotopic (exact) mass is 238 g/mol. The first-order valence-corrected chi connectivity index (χ1v) is 5.90. The van der Waals surface area contributed by atoms with E-state index in [0.717, 1.165) is 26.9 Å². The molecule has 0 amide bonds. The minimum atomic E-state index is 0.646. The number of benzene rings is 1. The summed E-state index contributed by atoms with van der Waals surface area (Å²) in [6.07, 6.45) is 2.73. The van der Waals surface area contributed by atoms with Gasteiger partial charge in [0.25, 0.3) is 0 Å². The second-order valence-corrected chi connectivity index (χ2v) is 4.72. The lowest BCUT2D eigenvalue weighted by molar-refractivity contribution is 0.953. The van der Waals surface area contributed by atoms with Crippen molar-refractivity contribution in [2.45, 2.75) is 6.42 Å². The molecule has 1 heterocycles. The molecule has 2 nitrogen and oxygen atoms in total. The zero-order valence-electron chi connectivity index (χ0n) is 8.11. The van der Waals surface area contributed by atoms with Crippen LogP contribution in [0.1, 0.15) is 5.01 Å². The number of halogens is 1. The Kier molecular flexibility index (Phi) is 3.36. The summed E-state index contributed by atoms with van der Waals surface area (Å²) in [6, 6.07) is 7.78. The molecule has 78 valence electrons. The summed E-state index contributed by atoms with van der Waals surface area (Å²) in [5, 5.41) is 1.84. The lowest BCUT2D eigenvalue weighted by atomic mass is 10.2. The topological polar surface area (TPSA) is 38.9 Å². The zero-order valence-corrected chi connectivity index (χ0v) is 9.68. The number of thiazole rings is 1. The van der Waals surface area contributed by atoms with E-state index in [4.69, 9.17) is 17.3 Å². The molecule has 2 rings (SSSR count). The SMILES string of the molecule is NCCc1ncc(-c2ccc(Cl)cc2)s1. The Hall–Kier alpha value is -0.900. The molecule has 0 aliphatic rings. The zero-order chi connectivity index (χ0) is 10.7. The second-order valence-electron chi connectivity index (χ2n) is 3.16. The number of rotatable bonds is 3. The Morgan fingerprint density at radius 3 is 2.67 bits per heavy atom. The van der Waals surface area contributed by atoms with E-state index in [1.54, 1.807) is 11.3 Å². The molecule has 0 radical (unpaired) electrons. The summed E-state index contributed by atoms with van der Waals surface area (Å²) in [7, 11) is 0. The van der Waals surface area contributed by atoms with Crippen molar-refractivity contribution in [1.82, 2.24) is 4.98 Å². The molecule has 0 aliphatic carbocycles. The Morgan fingerprint density at radius 2 is 2.00 bits per heavy atom. The second kappa shape index (κ2) is 4.75. The van der Waals surface area contributed by atoms with E-state index in [2.05, 4.69) is 4.98 Å². The third-order valence-corrected chi connectivity index (χ3v) is 3.40. The summed E-state index contributed by atoms with van der Waals surface area (Å²) >= 11 is 7.51. The molecule has 15 heavy (non-hydrogen) atoms. The molecule has 0 spiro atoms. The predicted molar refractivity (Wildman–Crippen MR) is 65.3 cm³/mol. The highest BCUT2D eigenvalue weighted by molar-refractivity contribution is 7.15. The van der Waals surface area contributed by atoms with Crippen LogP contribution in [-0.2, 0) is 6.42 Å². The molecule has 0 bridgehead atoms. The van der Waals surface area contributed by atoms with Crippen LogP contribution in [0.25, 0.3) is 10.4 Å². The van der Waals surface area contributed by atoms with E-state index in [0.29, 0.717) is 6.54 Å². The molecule has 2 N–H and O–H groups in total. The fourth-order valence-corrected chi connectivity index (χ4v) is 2.36. The van der Waals surface area contributed by atoms with Crippen molar-refractivity contribution in [2.75, 3.05) is 6.54 Å². The highest BCUT2D eigenvalue weighted by Gasteiger charge is 2.03. The van der Waals surface area contributed by atoms with Gasteiger partial charge in [0.15, 0.2) is 0 Å². The van der Waals surface area contributed by atoms with Crippen LogP contribution in [0.5, 0.6) is 0 Å². The maximum absolute atomic E-state index is 5.83. The molecular weight excluding hydrogens is 228 g/mol. The van der Waals surface area contributed by atoms with Gasteiger partial charge in [0.2, 0.25) is 0 Å². The van der Waals surface area contributed by atoms with E-state index in [-0.39, 0.29) is 0 Å². The number of hydrogen-bond donors (Lipinski definition) is 1. The van der Waals surface area contributed by atoms with Crippen molar-refractivity contribution in [1.29, 1.82) is 0 Å². The van der Waals surface area contributed by atoms with Gasteiger partial charge in [0, 0.05) is 17.6 Å². The average Bonchev–Trinajstić information content (AvgIpc) is 2.68. The van der Waals surface area contributed by atoms with Gasteiger partial charge in [-0.2, -0.15) is 0 Å². The standard InChI is InChI=1S/C11H11ClN2S/c12-9-3-1-8(2-4-9)10-7-14-11(15-10)5-6-13/h1-4,7H,5-6,13H2. The van der Waals surface area contributed by atoms with Gasteiger partial charge < -0.3 is 5.73 Å². The Balaban J connectivity index is 2.25. The third-order valence-electron chi connectivity index (χ3n) is 2.04. The molecule has 0 atom stereocenters. The molecule has 1 aromatic carbocycles. The van der Waals surface area contributed by atoms with Gasteiger partial charge in [-0.3, -0.25) is 0 Å². The fraction of sp³-hybridized carbons (Fsp3) is 0.182. The van der Waals surface area contributed by atoms with E-state index in [1.165, 1.54) is 0 Å². The third kappa shape index (κ3) is 2.56. The maximum atomic E-state index is 5.83. The summed E-state index contributed by atoms with van der Waals surface area (Å²) in [4.78, 5) is 5.47. The van der Waals surface area contributed by atoms with E-state index in [1.807, 2.05) is 30.5 Å². The summed E-state index contributed by atoms with van der Waals surface area (Å²) < 4.78 is 0. The Bertz CT molecular complexity index is 436. The number of nitrogens with zero attached hydrogens (tertiary/aromatic N) is 1. The fourth-order valence-electron chi connectivity index (χ4n) is 1.30. The molecule has 0 aliphatic heterocycles. The minimum Gasteiger partial charge on any atom is -0.330 e. The lowest BCUT2D eigenvalue weighted by Crippen LogP contribution is -2.01. The first-order chi connectivity index (χ1) is 7.29. The van der Waals surface area contributed by atoms with E-state index >= 15 is 0 Å². The van der Waals surface area contributed by atoms with Crippen LogP contribution in [0, 0.1) is 0 Å². The maximum Gasteiger partial charge on any atom is 0.0943 e. The molecule has 0 saturated heterocycles. The van der Waals surface area contributed by atoms with Crippen LogP contribution in [0.3, 0.4) is 0 Å². The molecule has 0 fully saturated rings. The van der Waals surface area contributed by atoms with Crippen LogP contribution in [-0.4, -0.2) is 11.5 Å². The Labute approximate surface area is 97.7 Å². The van der Waals surface area contributed by atoms with E-state index in [9.17, 15) is 0 Å². The van der Waals surface area contributed by atoms with Crippen molar-refractivity contribution in [2.24, 2.45) is 5.73 Å². The Morgan fingerprint density at radius 1 is 1.27 bits per heavy atom. The minimum absolute atomic E-state index is 0.646. The lowest BCUT2D eigenvalue weighted by Gasteiger charge is -1.95. The largest absolute Gasteiger partial charge is 0.330 e. The average molecular weight is 239 g/mol. The van der Waals surface area contributed by atoms with Crippen LogP contribution < -0.4 is 5.73 Å². The van der Waals surface area contributed by atoms with Crippen molar-refractivity contribution >= 4 is 22.9 Å². The highest BCUT2D eigenvalue weighted by atomic mass is 35.5. The van der Waals surface area contributed by atoms with Crippen molar-refractivity contribution in [3.05, 3.63) is 40.5 Å². The number of aromatic nitrogens is 1. The molecule has 4 heteroatoms. The van der Waals surface area contributed by atoms with Gasteiger partial charge in [-0.25, -0.2) is 4.98 Å². The molecular formula is C11H11ClN2S. The summed E-state index contributed by atoms with van der Waals surface area (Å²) in [6.45, 7) is 0.646. The molecule has 1 aromatic heterocycles. The summed E-state index contributed by atoms with van der Waals surface area (Å²) in [5.74, 6) is 0. The van der Waals surface area contributed by atoms with Gasteiger partial charge in [0.05, 0.1) is 9.88 Å². The van der Waals surface area contributed by atoms with Crippen LogP contribution in [0.15, 0.2) is 30.5 Å². The number of nitrogens with two attached hydrogens (primary N) is 1. The normalized spacial score (nSPS) is 10.5. The van der Waals surface area contributed by atoms with Crippen LogP contribution in [0.2, 0.25) is 5.02 Å². The highest BCUT2D eigenvalue weighted by Crippen LogP contribution is 2.27. The molecule has 0 unspecified atom stereocenters. The molecule has 2 aromatic rings. The van der Waals surface area contributed by atoms with Gasteiger partial charge >= 0.3 is 0 Å². The summed E-state index contributed by atoms with van der Waals surface area (Å²) in [5.41, 5.74) is 6.63.